The maximum atomic E-state index is 16.5. The molecule has 1 heterocycles. The van der Waals surface area contributed by atoms with Gasteiger partial charge >= 0.3 is 24.7 Å². The van der Waals surface area contributed by atoms with Crippen molar-refractivity contribution in [3.05, 3.63) is 190 Å². The van der Waals surface area contributed by atoms with Gasteiger partial charge in [-0.3, -0.25) is 4.98 Å². The number of halogens is 12. The minimum atomic E-state index is -6.12. The van der Waals surface area contributed by atoms with Crippen molar-refractivity contribution in [3.8, 4) is 153 Å². The number of hydrogen-bond donors (Lipinski definition) is 0. The molecule has 0 bridgehead atoms. The molecule has 0 atom stereocenters. The molecule has 1 aromatic heterocycles. The van der Waals surface area contributed by atoms with E-state index in [-0.39, 0.29) is 35.4 Å². The maximum Gasteiger partial charge on any atom is 0.417 e. The summed E-state index contributed by atoms with van der Waals surface area (Å²) in [6, 6.07) is 32.2. The molecule has 0 saturated carbocycles. The van der Waals surface area contributed by atoms with Gasteiger partial charge in [-0.1, -0.05) is 36.4 Å². The summed E-state index contributed by atoms with van der Waals surface area (Å²) in [7, 11) is 0. The normalized spacial score (nSPS) is 13.2. The zero-order chi connectivity index (χ0) is 73.2. The Labute approximate surface area is 552 Å². The van der Waals surface area contributed by atoms with E-state index < -0.39 is 231 Å². The standard InChI is InChI=1S/C71H13F12N17/c72-68(73,74)38-8-32(9-39(12-38)69(75,76)77)57-59-44(25-96)40(21-92)53(36(17-88)18-89)66(59)58(67-54(37(19-90)20-91)41(22-93)45(26-97)60(57)67)33-10-48(70(78,79)80)55(49(11-33)71(81,82)83)31-6-7-50(100-29-31)63-61-46(27-98)42(23-94)51(34(13-84)14-85)64(61)56(30-4-2-1-3-5-30)65-52(35(15-86)16-87)43(24-95)47(28-99)62(63)65/h1-12,29H. The average Bonchev–Trinajstić information content (AvgIpc) is 1.52. The Morgan fingerprint density at radius 2 is 0.550 bits per heavy atom. The summed E-state index contributed by atoms with van der Waals surface area (Å²) in [5.74, 6) is 0. The zero-order valence-electron chi connectivity index (χ0n) is 48.6. The van der Waals surface area contributed by atoms with Crippen molar-refractivity contribution in [2.75, 3.05) is 0 Å². The largest absolute Gasteiger partial charge is 0.417 e. The van der Waals surface area contributed by atoms with Crippen LogP contribution in [0.25, 0.3) is 100 Å². The minimum Gasteiger partial charge on any atom is -0.256 e. The molecule has 0 unspecified atom stereocenters. The Hall–Kier alpha value is -15.8. The molecule has 0 radical (unpaired) electrons. The summed E-state index contributed by atoms with van der Waals surface area (Å²) in [6.45, 7) is 0. The monoisotopic (exact) mass is 1330 g/mol. The number of alkyl halides is 12. The van der Waals surface area contributed by atoms with Gasteiger partial charge in [-0.05, 0) is 64.2 Å². The van der Waals surface area contributed by atoms with Gasteiger partial charge < -0.3 is 0 Å². The van der Waals surface area contributed by atoms with E-state index in [1.54, 1.807) is 48.6 Å². The van der Waals surface area contributed by atoms with E-state index in [9.17, 15) is 111 Å². The number of pyridine rings is 1. The van der Waals surface area contributed by atoms with Gasteiger partial charge in [-0.2, -0.15) is 137 Å². The van der Waals surface area contributed by atoms with Gasteiger partial charge in [0.15, 0.2) is 0 Å². The van der Waals surface area contributed by atoms with Crippen LogP contribution in [0.3, 0.4) is 0 Å². The van der Waals surface area contributed by atoms with Crippen LogP contribution in [0.5, 0.6) is 0 Å². The number of aromatic nitrogens is 1. The molecule has 0 amide bonds. The van der Waals surface area contributed by atoms with Crippen LogP contribution in [0.2, 0.25) is 0 Å². The number of allylic oxidation sites excluding steroid dienone is 16. The number of hydrogen-bond acceptors (Lipinski definition) is 17. The van der Waals surface area contributed by atoms with Gasteiger partial charge in [0, 0.05) is 95.3 Å². The fraction of sp³-hybridized carbons (Fsp3) is 0.0563. The summed E-state index contributed by atoms with van der Waals surface area (Å²) in [5, 5.41) is 170. The Morgan fingerprint density at radius 1 is 0.260 bits per heavy atom. The van der Waals surface area contributed by atoms with Gasteiger partial charge in [0.05, 0.1) is 72.5 Å². The van der Waals surface area contributed by atoms with Crippen LogP contribution in [0.15, 0.2) is 124 Å². The molecule has 17 nitrogen and oxygen atoms in total. The fourth-order valence-electron chi connectivity index (χ4n) is 12.5. The van der Waals surface area contributed by atoms with Gasteiger partial charge in [0.1, 0.15) is 119 Å². The van der Waals surface area contributed by atoms with E-state index in [4.69, 9.17) is 0 Å². The van der Waals surface area contributed by atoms with Crippen molar-refractivity contribution >= 4 is 44.6 Å². The number of rotatable bonds is 5. The van der Waals surface area contributed by atoms with E-state index in [1.165, 1.54) is 78.9 Å². The molecule has 6 aromatic rings. The quantitative estimate of drug-likeness (QED) is 0.114. The highest BCUT2D eigenvalue weighted by atomic mass is 19.4. The molecule has 5 aromatic carbocycles. The van der Waals surface area contributed by atoms with Crippen molar-refractivity contribution in [1.29, 1.82) is 84.2 Å². The number of benzene rings is 5. The third-order valence-corrected chi connectivity index (χ3v) is 16.1. The fourth-order valence-corrected chi connectivity index (χ4v) is 12.5. The van der Waals surface area contributed by atoms with Gasteiger partial charge in [-0.15, -0.1) is 0 Å². The molecule has 0 N–H and O–H groups in total. The third-order valence-electron chi connectivity index (χ3n) is 16.1. The predicted octanol–water partition coefficient (Wildman–Crippen LogP) is 16.0. The second kappa shape index (κ2) is 24.3. The van der Waals surface area contributed by atoms with Crippen LogP contribution >= 0.6 is 0 Å². The highest BCUT2D eigenvalue weighted by molar-refractivity contribution is 6.25. The lowest BCUT2D eigenvalue weighted by Gasteiger charge is -2.26. The van der Waals surface area contributed by atoms with E-state index in [0.717, 1.165) is 0 Å². The summed E-state index contributed by atoms with van der Waals surface area (Å²) in [5.41, 5.74) is -41.8. The van der Waals surface area contributed by atoms with Crippen molar-refractivity contribution in [2.45, 2.75) is 24.7 Å². The third kappa shape index (κ3) is 9.87. The zero-order valence-corrected chi connectivity index (χ0v) is 48.6. The number of fused-ring (bicyclic) bond motifs is 4. The summed E-state index contributed by atoms with van der Waals surface area (Å²) >= 11 is 0. The number of nitrogens with zero attached hydrogens (tertiary/aromatic N) is 17. The molecule has 100 heavy (non-hydrogen) atoms. The van der Waals surface area contributed by atoms with Crippen LogP contribution in [-0.2, 0) is 24.7 Å². The van der Waals surface area contributed by atoms with E-state index in [2.05, 4.69) is 4.98 Å². The molecular weight excluding hydrogens is 1320 g/mol. The maximum absolute atomic E-state index is 16.5. The van der Waals surface area contributed by atoms with Crippen molar-refractivity contribution < 1.29 is 52.7 Å². The molecule has 10 rings (SSSR count). The lowest BCUT2D eigenvalue weighted by atomic mass is 9.77. The van der Waals surface area contributed by atoms with Crippen molar-refractivity contribution in [2.24, 2.45) is 0 Å². The smallest absolute Gasteiger partial charge is 0.256 e. The van der Waals surface area contributed by atoms with Gasteiger partial charge in [0.2, 0.25) is 0 Å². The van der Waals surface area contributed by atoms with Gasteiger partial charge in [-0.25, -0.2) is 0 Å². The van der Waals surface area contributed by atoms with Crippen LogP contribution in [-0.4, -0.2) is 4.98 Å². The molecule has 0 saturated heterocycles. The predicted molar refractivity (Wildman–Crippen MR) is 317 cm³/mol. The van der Waals surface area contributed by atoms with Crippen LogP contribution < -0.4 is 0 Å². The molecule has 0 spiro atoms. The Balaban J connectivity index is 1.43. The molecule has 29 heteroatoms. The Morgan fingerprint density at radius 3 is 0.820 bits per heavy atom. The summed E-state index contributed by atoms with van der Waals surface area (Å²) < 4.78 is 188. The Kier molecular flexibility index (Phi) is 16.3. The first-order chi connectivity index (χ1) is 47.5. The van der Waals surface area contributed by atoms with Crippen LogP contribution in [0, 0.1) is 181 Å². The topological polar surface area (TPSA) is 394 Å². The molecule has 0 fully saturated rings. The highest BCUT2D eigenvalue weighted by Crippen LogP contribution is 2.63. The van der Waals surface area contributed by atoms with Gasteiger partial charge in [0.25, 0.3) is 0 Å². The second-order valence-corrected chi connectivity index (χ2v) is 20.8. The number of nitriles is 16. The van der Waals surface area contributed by atoms with Crippen LogP contribution in [0.4, 0.5) is 52.7 Å². The Bertz CT molecular complexity index is 5620. The SMILES string of the molecule is N#CC(C#N)=C1C(C#N)=C(C#N)c2c1c(-c1cc(C(F)(F)F)c(-c3ccc(-c4c5c(c(-c6ccccc6)c6c4C(C#N)=C(C#N)C6=C(C#N)C#N)C(=C(C#N)C#N)C(C#N)=C5C#N)nc3)c(C(F)(F)F)c1)c1c(c2-c2cc(C(F)(F)F)cc(C(F)(F)F)c2)C(C#N)=C(C#N)C1=C(C#N)C#N. The van der Waals surface area contributed by atoms with E-state index in [1.807, 2.05) is 0 Å². The van der Waals surface area contributed by atoms with Crippen LogP contribution in [0.1, 0.15) is 66.8 Å². The first-order valence-electron chi connectivity index (χ1n) is 27.1. The average molecular weight is 1330 g/mol. The second-order valence-electron chi connectivity index (χ2n) is 20.8. The van der Waals surface area contributed by atoms with Crippen molar-refractivity contribution in [3.63, 3.8) is 0 Å². The molecule has 0 aliphatic heterocycles. The first-order valence-corrected chi connectivity index (χ1v) is 27.1. The summed E-state index contributed by atoms with van der Waals surface area (Å²) in [6.07, 6.45) is -23.4. The lowest BCUT2D eigenvalue weighted by Crippen LogP contribution is -2.16. The molecule has 466 valence electrons. The van der Waals surface area contributed by atoms with Crippen molar-refractivity contribution in [1.82, 2.24) is 4.98 Å². The molecule has 4 aliphatic carbocycles. The first kappa shape index (κ1) is 67.1. The van der Waals surface area contributed by atoms with E-state index >= 15 is 26.3 Å². The molecular formula is C71H13F12N17. The minimum absolute atomic E-state index is 0.0358. The molecule has 4 aliphatic rings. The highest BCUT2D eigenvalue weighted by Gasteiger charge is 2.49. The lowest BCUT2D eigenvalue weighted by molar-refractivity contribution is -0.144. The summed E-state index contributed by atoms with van der Waals surface area (Å²) in [4.78, 5) is 4.25. The van der Waals surface area contributed by atoms with E-state index in [0.29, 0.717) is 18.3 Å².